The highest BCUT2D eigenvalue weighted by Crippen LogP contribution is 2.25. The lowest BCUT2D eigenvalue weighted by Gasteiger charge is -2.38. The molecule has 1 saturated heterocycles. The van der Waals surface area contributed by atoms with E-state index in [0.29, 0.717) is 18.8 Å². The molecule has 0 aliphatic carbocycles. The lowest BCUT2D eigenvalue weighted by atomic mass is 10.2. The Morgan fingerprint density at radius 1 is 1.59 bits per heavy atom. The van der Waals surface area contributed by atoms with Crippen molar-refractivity contribution in [3.63, 3.8) is 0 Å². The number of allylic oxidation sites excluding steroid dienone is 2. The van der Waals surface area contributed by atoms with E-state index in [9.17, 15) is 10.2 Å². The van der Waals surface area contributed by atoms with Crippen molar-refractivity contribution >= 4 is 0 Å². The Labute approximate surface area is 101 Å². The number of aliphatic hydroxyl groups is 2. The number of aliphatic hydroxyl groups excluding tert-OH is 2. The maximum absolute atomic E-state index is 9.66. The van der Waals surface area contributed by atoms with Gasteiger partial charge in [0, 0.05) is 12.6 Å². The van der Waals surface area contributed by atoms with Crippen molar-refractivity contribution < 1.29 is 14.9 Å². The van der Waals surface area contributed by atoms with Crippen molar-refractivity contribution in [1.82, 2.24) is 9.91 Å². The molecule has 6 nitrogen and oxygen atoms in total. The van der Waals surface area contributed by atoms with Crippen LogP contribution in [0.4, 0.5) is 0 Å². The molecule has 6 heteroatoms. The first-order chi connectivity index (χ1) is 8.17. The van der Waals surface area contributed by atoms with Gasteiger partial charge in [-0.3, -0.25) is 9.91 Å². The molecule has 96 valence electrons. The molecule has 2 heterocycles. The summed E-state index contributed by atoms with van der Waals surface area (Å²) in [5, 5.41) is 20.5. The fraction of sp³-hybridized carbons (Fsp3) is 0.636. The zero-order chi connectivity index (χ0) is 12.4. The Hall–Kier alpha value is -1.08. The fourth-order valence-electron chi connectivity index (χ4n) is 2.41. The van der Waals surface area contributed by atoms with Crippen molar-refractivity contribution in [3.8, 4) is 0 Å². The molecule has 0 spiro atoms. The van der Waals surface area contributed by atoms with E-state index in [1.165, 1.54) is 5.01 Å². The average molecular weight is 241 g/mol. The molecule has 2 aliphatic rings. The van der Waals surface area contributed by atoms with Crippen molar-refractivity contribution in [1.29, 1.82) is 0 Å². The van der Waals surface area contributed by atoms with E-state index >= 15 is 0 Å². The number of likely N-dealkylation sites (tertiary alicyclic amines) is 1. The topological polar surface area (TPSA) is 82.2 Å². The maximum atomic E-state index is 9.66. The van der Waals surface area contributed by atoms with Crippen LogP contribution < -0.4 is 5.84 Å². The Kier molecular flexibility index (Phi) is 3.68. The summed E-state index contributed by atoms with van der Waals surface area (Å²) in [5.74, 6) is 6.53. The molecule has 1 fully saturated rings. The van der Waals surface area contributed by atoms with E-state index in [2.05, 4.69) is 0 Å². The van der Waals surface area contributed by atoms with Gasteiger partial charge in [-0.2, -0.15) is 0 Å². The lowest BCUT2D eigenvalue weighted by molar-refractivity contribution is 0.0202. The first-order valence-corrected chi connectivity index (χ1v) is 5.68. The molecule has 3 atom stereocenters. The maximum Gasteiger partial charge on any atom is 0.205 e. The molecule has 2 rings (SSSR count). The van der Waals surface area contributed by atoms with Gasteiger partial charge in [-0.25, -0.2) is 5.84 Å². The molecule has 0 radical (unpaired) electrons. The highest BCUT2D eigenvalue weighted by atomic mass is 16.5. The van der Waals surface area contributed by atoms with Crippen molar-refractivity contribution in [2.75, 3.05) is 20.3 Å². The highest BCUT2D eigenvalue weighted by molar-refractivity contribution is 5.17. The minimum absolute atomic E-state index is 0.0151. The Morgan fingerprint density at radius 3 is 3.00 bits per heavy atom. The van der Waals surface area contributed by atoms with E-state index < -0.39 is 6.10 Å². The van der Waals surface area contributed by atoms with Gasteiger partial charge in [-0.05, 0) is 18.6 Å². The normalized spacial score (nSPS) is 34.0. The van der Waals surface area contributed by atoms with Crippen LogP contribution in [0.3, 0.4) is 0 Å². The first-order valence-electron chi connectivity index (χ1n) is 5.68. The fourth-order valence-corrected chi connectivity index (χ4v) is 2.41. The summed E-state index contributed by atoms with van der Waals surface area (Å²) < 4.78 is 5.15. The van der Waals surface area contributed by atoms with E-state index in [0.717, 1.165) is 0 Å². The number of hydrazine groups is 1. The molecule has 17 heavy (non-hydrogen) atoms. The molecule has 0 amide bonds. The van der Waals surface area contributed by atoms with Crippen molar-refractivity contribution in [3.05, 3.63) is 24.1 Å². The molecule has 3 unspecified atom stereocenters. The summed E-state index contributed by atoms with van der Waals surface area (Å²) in [6.45, 7) is 0.520. The van der Waals surface area contributed by atoms with Gasteiger partial charge in [-0.1, -0.05) is 6.08 Å². The molecule has 4 N–H and O–H groups in total. The molecule has 0 bridgehead atoms. The Balaban J connectivity index is 2.12. The van der Waals surface area contributed by atoms with Crippen LogP contribution in [-0.4, -0.2) is 58.7 Å². The second kappa shape index (κ2) is 5.05. The zero-order valence-corrected chi connectivity index (χ0v) is 9.86. The number of ether oxygens (including phenoxy) is 1. The lowest BCUT2D eigenvalue weighted by Crippen LogP contribution is -2.53. The summed E-state index contributed by atoms with van der Waals surface area (Å²) >= 11 is 0. The van der Waals surface area contributed by atoms with E-state index in [-0.39, 0.29) is 18.8 Å². The van der Waals surface area contributed by atoms with Crippen LogP contribution in [0.15, 0.2) is 24.1 Å². The third kappa shape index (κ3) is 2.30. The molecule has 2 aliphatic heterocycles. The van der Waals surface area contributed by atoms with Crippen LogP contribution in [0.5, 0.6) is 0 Å². The summed E-state index contributed by atoms with van der Waals surface area (Å²) in [6, 6.07) is -0.0677. The number of methoxy groups -OCH3 is 1. The molecular formula is C11H19N3O3. The third-order valence-corrected chi connectivity index (χ3v) is 3.26. The van der Waals surface area contributed by atoms with Crippen LogP contribution in [0.2, 0.25) is 0 Å². The van der Waals surface area contributed by atoms with E-state index in [1.807, 2.05) is 17.1 Å². The van der Waals surface area contributed by atoms with Gasteiger partial charge in [0.25, 0.3) is 0 Å². The average Bonchev–Trinajstić information content (AvgIpc) is 2.70. The Bertz CT molecular complexity index is 332. The quantitative estimate of drug-likeness (QED) is 0.548. The van der Waals surface area contributed by atoms with Gasteiger partial charge >= 0.3 is 0 Å². The summed E-state index contributed by atoms with van der Waals surface area (Å²) in [4.78, 5) is 1.98. The van der Waals surface area contributed by atoms with E-state index in [4.69, 9.17) is 10.6 Å². The number of hydrogen-bond donors (Lipinski definition) is 3. The SMILES string of the molecule is COC1=CC=CC(N2CC(O)CC2CO)N1N. The number of hydrogen-bond acceptors (Lipinski definition) is 6. The van der Waals surface area contributed by atoms with E-state index in [1.54, 1.807) is 13.2 Å². The van der Waals surface area contributed by atoms with Gasteiger partial charge in [0.1, 0.15) is 6.17 Å². The highest BCUT2D eigenvalue weighted by Gasteiger charge is 2.37. The van der Waals surface area contributed by atoms with Crippen LogP contribution in [-0.2, 0) is 4.74 Å². The standard InChI is InChI=1S/C11H19N3O3/c1-17-11-4-2-3-10(14(11)12)13-6-9(16)5-8(13)7-15/h2-4,8-10,15-16H,5-7,12H2,1H3. The molecule has 0 aromatic carbocycles. The van der Waals surface area contributed by atoms with Crippen molar-refractivity contribution in [2.24, 2.45) is 5.84 Å². The third-order valence-electron chi connectivity index (χ3n) is 3.26. The van der Waals surface area contributed by atoms with Gasteiger partial charge < -0.3 is 14.9 Å². The van der Waals surface area contributed by atoms with Gasteiger partial charge in [0.2, 0.25) is 5.88 Å². The van der Waals surface area contributed by atoms with Gasteiger partial charge in [-0.15, -0.1) is 0 Å². The van der Waals surface area contributed by atoms with Crippen LogP contribution in [0.25, 0.3) is 0 Å². The largest absolute Gasteiger partial charge is 0.481 e. The first kappa shape index (κ1) is 12.4. The predicted octanol–water partition coefficient (Wildman–Crippen LogP) is -1.03. The second-order valence-electron chi connectivity index (χ2n) is 4.34. The monoisotopic (exact) mass is 241 g/mol. The minimum atomic E-state index is -0.411. The molecule has 0 aromatic rings. The van der Waals surface area contributed by atoms with Crippen LogP contribution in [0.1, 0.15) is 6.42 Å². The van der Waals surface area contributed by atoms with Crippen molar-refractivity contribution in [2.45, 2.75) is 24.7 Å². The summed E-state index contributed by atoms with van der Waals surface area (Å²) in [6.07, 6.45) is 5.53. The number of β-amino-alcohol motifs (C(OH)–C–C–N with tert-alkyl or cyclic N) is 1. The van der Waals surface area contributed by atoms with Crippen LogP contribution >= 0.6 is 0 Å². The summed E-state index contributed by atoms with van der Waals surface area (Å²) in [7, 11) is 1.56. The smallest absolute Gasteiger partial charge is 0.205 e. The second-order valence-corrected chi connectivity index (χ2v) is 4.34. The summed E-state index contributed by atoms with van der Waals surface area (Å²) in [5.41, 5.74) is 0. The van der Waals surface area contributed by atoms with Crippen LogP contribution in [0, 0.1) is 0 Å². The van der Waals surface area contributed by atoms with Gasteiger partial charge in [0.15, 0.2) is 0 Å². The zero-order valence-electron chi connectivity index (χ0n) is 9.86. The number of rotatable bonds is 3. The number of nitrogens with zero attached hydrogens (tertiary/aromatic N) is 2. The molecular weight excluding hydrogens is 222 g/mol. The Morgan fingerprint density at radius 2 is 2.35 bits per heavy atom. The predicted molar refractivity (Wildman–Crippen MR) is 62.3 cm³/mol. The molecule has 0 aromatic heterocycles. The number of nitrogens with two attached hydrogens (primary N) is 1. The minimum Gasteiger partial charge on any atom is -0.481 e. The molecule has 0 saturated carbocycles. The van der Waals surface area contributed by atoms with Gasteiger partial charge in [0.05, 0.1) is 19.8 Å².